The van der Waals surface area contributed by atoms with E-state index in [0.29, 0.717) is 16.1 Å². The summed E-state index contributed by atoms with van der Waals surface area (Å²) in [4.78, 5) is 10.8. The zero-order valence-corrected chi connectivity index (χ0v) is 13.8. The van der Waals surface area contributed by atoms with Gasteiger partial charge in [-0.2, -0.15) is 0 Å². The number of nitro groups is 1. The molecular weight excluding hydrogens is 332 g/mol. The van der Waals surface area contributed by atoms with Crippen molar-refractivity contribution in [3.05, 3.63) is 62.1 Å². The van der Waals surface area contributed by atoms with E-state index in [1.165, 1.54) is 6.07 Å². The highest BCUT2D eigenvalue weighted by molar-refractivity contribution is 9.10. The first kappa shape index (κ1) is 15.5. The molecule has 4 nitrogen and oxygen atoms in total. The molecule has 1 N–H and O–H groups in total. The van der Waals surface area contributed by atoms with E-state index in [1.807, 2.05) is 25.1 Å². The number of anilines is 2. The highest BCUT2D eigenvalue weighted by Crippen LogP contribution is 2.35. The normalized spacial score (nSPS) is 10.7. The number of hydrogen-bond acceptors (Lipinski definition) is 3. The van der Waals surface area contributed by atoms with Gasteiger partial charge < -0.3 is 5.32 Å². The largest absolute Gasteiger partial charge is 0.349 e. The van der Waals surface area contributed by atoms with Crippen LogP contribution in [-0.2, 0) is 0 Å². The van der Waals surface area contributed by atoms with Crippen molar-refractivity contribution in [1.82, 2.24) is 0 Å². The lowest BCUT2D eigenvalue weighted by atomic mass is 9.98. The third kappa shape index (κ3) is 3.42. The fraction of sp³-hybridized carbons (Fsp3) is 0.250. The van der Waals surface area contributed by atoms with Crippen LogP contribution in [0.4, 0.5) is 17.1 Å². The first-order valence-electron chi connectivity index (χ1n) is 6.70. The molecule has 0 aliphatic rings. The maximum atomic E-state index is 11.2. The highest BCUT2D eigenvalue weighted by atomic mass is 79.9. The Kier molecular flexibility index (Phi) is 4.63. The number of rotatable bonds is 4. The second kappa shape index (κ2) is 6.26. The van der Waals surface area contributed by atoms with Crippen LogP contribution in [0.1, 0.15) is 30.9 Å². The number of benzene rings is 2. The number of nitrogens with one attached hydrogen (secondary N) is 1. The molecule has 0 aliphatic carbocycles. The molecule has 0 fully saturated rings. The molecule has 110 valence electrons. The lowest BCUT2D eigenvalue weighted by molar-refractivity contribution is -0.384. The summed E-state index contributed by atoms with van der Waals surface area (Å²) in [6, 6.07) is 11.1. The molecule has 2 aromatic rings. The van der Waals surface area contributed by atoms with Gasteiger partial charge in [0, 0.05) is 16.2 Å². The fourth-order valence-electron chi connectivity index (χ4n) is 2.24. The second-order valence-electron chi connectivity index (χ2n) is 5.24. The SMILES string of the molecule is Cc1cccc(C(C)C)c1Nc1ccc(Br)cc1[N+](=O)[O-]. The molecule has 2 aromatic carbocycles. The quantitative estimate of drug-likeness (QED) is 0.583. The molecule has 0 saturated heterocycles. The van der Waals surface area contributed by atoms with Gasteiger partial charge in [-0.3, -0.25) is 10.1 Å². The minimum absolute atomic E-state index is 0.0577. The van der Waals surface area contributed by atoms with Gasteiger partial charge in [0.15, 0.2) is 0 Å². The molecule has 0 aliphatic heterocycles. The molecule has 5 heteroatoms. The van der Waals surface area contributed by atoms with E-state index in [0.717, 1.165) is 16.8 Å². The molecule has 0 spiro atoms. The zero-order valence-electron chi connectivity index (χ0n) is 12.2. The summed E-state index contributed by atoms with van der Waals surface area (Å²) in [6.45, 7) is 6.21. The average Bonchev–Trinajstić information content (AvgIpc) is 2.42. The summed E-state index contributed by atoms with van der Waals surface area (Å²) in [5, 5.41) is 14.4. The Hall–Kier alpha value is -1.88. The van der Waals surface area contributed by atoms with Gasteiger partial charge in [0.2, 0.25) is 0 Å². The van der Waals surface area contributed by atoms with Crippen molar-refractivity contribution in [3.63, 3.8) is 0 Å². The van der Waals surface area contributed by atoms with Gasteiger partial charge in [-0.25, -0.2) is 0 Å². The smallest absolute Gasteiger partial charge is 0.293 e. The Labute approximate surface area is 132 Å². The van der Waals surface area contributed by atoms with Crippen LogP contribution in [-0.4, -0.2) is 4.92 Å². The summed E-state index contributed by atoms with van der Waals surface area (Å²) in [6.07, 6.45) is 0. The number of nitrogens with zero attached hydrogens (tertiary/aromatic N) is 1. The molecule has 0 heterocycles. The minimum atomic E-state index is -0.375. The fourth-order valence-corrected chi connectivity index (χ4v) is 2.59. The van der Waals surface area contributed by atoms with Crippen LogP contribution in [0, 0.1) is 17.0 Å². The summed E-state index contributed by atoms with van der Waals surface area (Å²) in [5.74, 6) is 0.335. The molecule has 0 amide bonds. The molecule has 21 heavy (non-hydrogen) atoms. The van der Waals surface area contributed by atoms with Crippen LogP contribution in [0.15, 0.2) is 40.9 Å². The van der Waals surface area contributed by atoms with Crippen LogP contribution >= 0.6 is 15.9 Å². The number of hydrogen-bond donors (Lipinski definition) is 1. The molecule has 0 bridgehead atoms. The van der Waals surface area contributed by atoms with E-state index >= 15 is 0 Å². The summed E-state index contributed by atoms with van der Waals surface area (Å²) in [7, 11) is 0. The zero-order chi connectivity index (χ0) is 15.6. The van der Waals surface area contributed by atoms with Crippen LogP contribution in [0.25, 0.3) is 0 Å². The predicted octanol–water partition coefficient (Wildman–Crippen LogP) is 5.53. The Morgan fingerprint density at radius 2 is 1.95 bits per heavy atom. The molecule has 2 rings (SSSR count). The third-order valence-corrected chi connectivity index (χ3v) is 3.84. The number of aryl methyl sites for hydroxylation is 1. The molecule has 0 radical (unpaired) electrons. The van der Waals surface area contributed by atoms with E-state index in [9.17, 15) is 10.1 Å². The Morgan fingerprint density at radius 3 is 2.57 bits per heavy atom. The van der Waals surface area contributed by atoms with Gasteiger partial charge in [0.25, 0.3) is 5.69 Å². The standard InChI is InChI=1S/C16H17BrN2O2/c1-10(2)13-6-4-5-11(3)16(13)18-14-8-7-12(17)9-15(14)19(20)21/h4-10,18H,1-3H3. The van der Waals surface area contributed by atoms with Crippen molar-refractivity contribution in [2.75, 3.05) is 5.32 Å². The summed E-state index contributed by atoms with van der Waals surface area (Å²) >= 11 is 3.27. The van der Waals surface area contributed by atoms with E-state index in [2.05, 4.69) is 35.1 Å². The average molecular weight is 349 g/mol. The van der Waals surface area contributed by atoms with Gasteiger partial charge in [0.05, 0.1) is 4.92 Å². The third-order valence-electron chi connectivity index (χ3n) is 3.34. The maximum Gasteiger partial charge on any atom is 0.293 e. The van der Waals surface area contributed by atoms with Crippen molar-refractivity contribution in [2.24, 2.45) is 0 Å². The maximum absolute atomic E-state index is 11.2. The molecule has 0 unspecified atom stereocenters. The monoisotopic (exact) mass is 348 g/mol. The predicted molar refractivity (Wildman–Crippen MR) is 89.3 cm³/mol. The van der Waals surface area contributed by atoms with E-state index < -0.39 is 0 Å². The molecule has 0 atom stereocenters. The number of halogens is 1. The number of nitro benzene ring substituents is 1. The van der Waals surface area contributed by atoms with Crippen LogP contribution in [0.2, 0.25) is 0 Å². The molecule has 0 aromatic heterocycles. The second-order valence-corrected chi connectivity index (χ2v) is 6.15. The Bertz CT molecular complexity index is 684. The van der Waals surface area contributed by atoms with Crippen molar-refractivity contribution in [3.8, 4) is 0 Å². The van der Waals surface area contributed by atoms with Gasteiger partial charge >= 0.3 is 0 Å². The van der Waals surface area contributed by atoms with E-state index in [1.54, 1.807) is 12.1 Å². The van der Waals surface area contributed by atoms with Crippen LogP contribution in [0.3, 0.4) is 0 Å². The van der Waals surface area contributed by atoms with Gasteiger partial charge in [0.1, 0.15) is 5.69 Å². The van der Waals surface area contributed by atoms with Crippen molar-refractivity contribution in [1.29, 1.82) is 0 Å². The highest BCUT2D eigenvalue weighted by Gasteiger charge is 2.17. The summed E-state index contributed by atoms with van der Waals surface area (Å²) in [5.41, 5.74) is 3.71. The molecular formula is C16H17BrN2O2. The van der Waals surface area contributed by atoms with Gasteiger partial charge in [-0.05, 0) is 36.1 Å². The van der Waals surface area contributed by atoms with Crippen LogP contribution in [0.5, 0.6) is 0 Å². The minimum Gasteiger partial charge on any atom is -0.349 e. The van der Waals surface area contributed by atoms with Crippen molar-refractivity contribution >= 4 is 33.0 Å². The van der Waals surface area contributed by atoms with Crippen LogP contribution < -0.4 is 5.32 Å². The lowest BCUT2D eigenvalue weighted by Crippen LogP contribution is -2.02. The Morgan fingerprint density at radius 1 is 1.24 bits per heavy atom. The number of para-hydroxylation sites is 1. The first-order chi connectivity index (χ1) is 9.90. The van der Waals surface area contributed by atoms with E-state index in [4.69, 9.17) is 0 Å². The van der Waals surface area contributed by atoms with Crippen molar-refractivity contribution in [2.45, 2.75) is 26.7 Å². The van der Waals surface area contributed by atoms with Crippen molar-refractivity contribution < 1.29 is 4.92 Å². The first-order valence-corrected chi connectivity index (χ1v) is 7.50. The molecule has 0 saturated carbocycles. The summed E-state index contributed by atoms with van der Waals surface area (Å²) < 4.78 is 0.689. The van der Waals surface area contributed by atoms with Gasteiger partial charge in [-0.1, -0.05) is 48.0 Å². The Balaban J connectivity index is 2.51. The lowest BCUT2D eigenvalue weighted by Gasteiger charge is -2.17. The van der Waals surface area contributed by atoms with Gasteiger partial charge in [-0.15, -0.1) is 0 Å². The topological polar surface area (TPSA) is 55.2 Å². The van der Waals surface area contributed by atoms with E-state index in [-0.39, 0.29) is 10.6 Å².